The number of allylic oxidation sites excluding steroid dienone is 7. The largest absolute Gasteiger partial charge is 0.748 e. The van der Waals surface area contributed by atoms with Crippen LogP contribution in [0.2, 0.25) is 0 Å². The van der Waals surface area contributed by atoms with E-state index in [-0.39, 0.29) is 28.8 Å². The Balaban J connectivity index is 1.41. The summed E-state index contributed by atoms with van der Waals surface area (Å²) in [6, 6.07) is 23.9. The molecule has 0 bridgehead atoms. The van der Waals surface area contributed by atoms with E-state index in [0.717, 1.165) is 59.0 Å². The Morgan fingerprint density at radius 3 is 2.26 bits per heavy atom. The van der Waals surface area contributed by atoms with Gasteiger partial charge in [-0.25, -0.2) is 8.42 Å². The van der Waals surface area contributed by atoms with E-state index >= 15 is 0 Å². The van der Waals surface area contributed by atoms with E-state index in [1.165, 1.54) is 11.1 Å². The molecule has 0 saturated heterocycles. The first-order valence-electron chi connectivity index (χ1n) is 19.7. The lowest BCUT2D eigenvalue weighted by molar-refractivity contribution is -0.438. The highest BCUT2D eigenvalue weighted by Crippen LogP contribution is 2.48. The molecule has 3 aromatic carbocycles. The summed E-state index contributed by atoms with van der Waals surface area (Å²) in [7, 11) is -8.33. The van der Waals surface area contributed by atoms with E-state index < -0.39 is 20.2 Å². The Morgan fingerprint density at radius 1 is 0.862 bits per heavy atom. The SMILES string of the molecule is CC1(C)C(/C=C/C2=C(Oc3ccc(N=C=S)cc3)C(=C/C=C3/N(CCCCS(=O)(=O)[O-])c4ccccc4C3(C)C)/CCC2)=[N+](CCCCS(=O)(=O)O)c2ccccc21. The van der Waals surface area contributed by atoms with Crippen LogP contribution in [0.4, 0.5) is 17.1 Å². The number of aliphatic imine (C=N–C) groups is 1. The molecule has 13 heteroatoms. The number of para-hydroxylation sites is 2. The number of isothiocyanates is 1. The lowest BCUT2D eigenvalue weighted by Gasteiger charge is -2.27. The van der Waals surface area contributed by atoms with Crippen LogP contribution in [0.15, 0.2) is 125 Å². The number of nitrogens with zero attached hydrogens (tertiary/aromatic N) is 3. The van der Waals surface area contributed by atoms with Crippen molar-refractivity contribution in [3.63, 3.8) is 0 Å². The zero-order valence-corrected chi connectivity index (χ0v) is 35.9. The molecule has 0 fully saturated rings. The van der Waals surface area contributed by atoms with Gasteiger partial charge >= 0.3 is 0 Å². The van der Waals surface area contributed by atoms with E-state index in [2.05, 4.69) is 95.9 Å². The lowest BCUT2D eigenvalue weighted by Crippen LogP contribution is -2.28. The van der Waals surface area contributed by atoms with Crippen molar-refractivity contribution in [2.75, 3.05) is 29.5 Å². The zero-order valence-electron chi connectivity index (χ0n) is 33.5. The van der Waals surface area contributed by atoms with Crippen molar-refractivity contribution in [2.45, 2.75) is 83.5 Å². The van der Waals surface area contributed by atoms with E-state index in [1.54, 1.807) is 0 Å². The highest BCUT2D eigenvalue weighted by molar-refractivity contribution is 7.85. The molecule has 0 aromatic heterocycles. The summed E-state index contributed by atoms with van der Waals surface area (Å²) in [6.07, 6.45) is 12.9. The second kappa shape index (κ2) is 17.8. The van der Waals surface area contributed by atoms with E-state index in [9.17, 15) is 25.9 Å². The molecule has 0 amide bonds. The number of anilines is 1. The third-order valence-corrected chi connectivity index (χ3v) is 12.9. The minimum Gasteiger partial charge on any atom is -0.748 e. The Hall–Kier alpha value is -4.49. The summed E-state index contributed by atoms with van der Waals surface area (Å²) in [5.41, 5.74) is 8.72. The first-order chi connectivity index (χ1) is 27.5. The summed E-state index contributed by atoms with van der Waals surface area (Å²) in [6.45, 7) is 9.94. The summed E-state index contributed by atoms with van der Waals surface area (Å²) in [5.74, 6) is 0.750. The van der Waals surface area contributed by atoms with E-state index in [1.807, 2.05) is 48.5 Å². The molecule has 10 nitrogen and oxygen atoms in total. The van der Waals surface area contributed by atoms with Crippen molar-refractivity contribution in [3.05, 3.63) is 131 Å². The van der Waals surface area contributed by atoms with Gasteiger partial charge in [0, 0.05) is 53.2 Å². The monoisotopic (exact) mass is 841 g/mol. The summed E-state index contributed by atoms with van der Waals surface area (Å²) in [5, 5.41) is 2.41. The van der Waals surface area contributed by atoms with Gasteiger partial charge in [0.05, 0.1) is 32.1 Å². The molecule has 3 aromatic rings. The van der Waals surface area contributed by atoms with Gasteiger partial charge in [0.1, 0.15) is 18.1 Å². The van der Waals surface area contributed by atoms with Crippen molar-refractivity contribution >= 4 is 60.4 Å². The van der Waals surface area contributed by atoms with Crippen LogP contribution in [-0.2, 0) is 31.1 Å². The van der Waals surface area contributed by atoms with Crippen molar-refractivity contribution in [2.24, 2.45) is 4.99 Å². The molecule has 0 atom stereocenters. The molecule has 6 rings (SSSR count). The van der Waals surface area contributed by atoms with Crippen LogP contribution < -0.4 is 9.64 Å². The maximum absolute atomic E-state index is 11.5. The maximum atomic E-state index is 11.5. The zero-order chi connectivity index (χ0) is 41.7. The first kappa shape index (κ1) is 43.1. The standard InChI is InChI=1S/C45H51N3O7S3/c1-44(2)37-16-5-7-18-39(37)47(28-9-11-30-57(49,50)51)41(44)26-20-33-14-13-15-34(43(33)55-36-24-22-35(23-25-36)46-32-56)21-27-42-45(3,4)38-17-6-8-19-40(38)48(42)29-10-12-31-58(52,53)54/h5-8,16-27H,9-15,28-31H2,1-4H3,(H-,49,50,51,52,53,54). The molecule has 306 valence electrons. The Morgan fingerprint density at radius 2 is 1.55 bits per heavy atom. The van der Waals surface area contributed by atoms with E-state index in [4.69, 9.17) is 17.0 Å². The van der Waals surface area contributed by atoms with Gasteiger partial charge in [-0.3, -0.25) is 4.55 Å². The van der Waals surface area contributed by atoms with Gasteiger partial charge in [0.25, 0.3) is 10.1 Å². The van der Waals surface area contributed by atoms with Crippen LogP contribution in [0.25, 0.3) is 0 Å². The molecular formula is C45H51N3O7S3. The van der Waals surface area contributed by atoms with Crippen molar-refractivity contribution in [1.82, 2.24) is 0 Å². The number of hydrogen-bond donors (Lipinski definition) is 1. The average molecular weight is 842 g/mol. The number of ether oxygens (including phenoxy) is 1. The van der Waals surface area contributed by atoms with E-state index in [0.29, 0.717) is 43.8 Å². The van der Waals surface area contributed by atoms with Crippen molar-refractivity contribution in [1.29, 1.82) is 0 Å². The summed E-state index contributed by atoms with van der Waals surface area (Å²) < 4.78 is 75.4. The average Bonchev–Trinajstić information content (AvgIpc) is 3.52. The van der Waals surface area contributed by atoms with Crippen LogP contribution >= 0.6 is 12.2 Å². The van der Waals surface area contributed by atoms with Crippen LogP contribution in [0.5, 0.6) is 5.75 Å². The smallest absolute Gasteiger partial charge is 0.264 e. The van der Waals surface area contributed by atoms with Crippen molar-refractivity contribution < 1.29 is 35.3 Å². The topological polar surface area (TPSA) is 139 Å². The number of unbranched alkanes of at least 4 members (excludes halogenated alkanes) is 2. The predicted octanol–water partition coefficient (Wildman–Crippen LogP) is 9.47. The Bertz CT molecular complexity index is 2470. The predicted molar refractivity (Wildman–Crippen MR) is 233 cm³/mol. The number of benzene rings is 3. The van der Waals surface area contributed by atoms with Gasteiger partial charge in [-0.15, -0.1) is 0 Å². The van der Waals surface area contributed by atoms with Gasteiger partial charge in [0.15, 0.2) is 5.71 Å². The third-order valence-electron chi connectivity index (χ3n) is 11.3. The summed E-state index contributed by atoms with van der Waals surface area (Å²) >= 11 is 4.80. The number of hydrogen-bond acceptors (Lipinski definition) is 9. The summed E-state index contributed by atoms with van der Waals surface area (Å²) in [4.78, 5) is 6.34. The molecule has 2 heterocycles. The molecule has 0 spiro atoms. The number of fused-ring (bicyclic) bond motifs is 2. The Kier molecular flexibility index (Phi) is 13.2. The molecule has 3 aliphatic rings. The van der Waals surface area contributed by atoms with Gasteiger partial charge < -0.3 is 14.2 Å². The molecule has 0 saturated carbocycles. The molecule has 1 aliphatic carbocycles. The molecule has 58 heavy (non-hydrogen) atoms. The second-order valence-corrected chi connectivity index (χ2v) is 19.3. The van der Waals surface area contributed by atoms with Gasteiger partial charge in [-0.2, -0.15) is 18.0 Å². The van der Waals surface area contributed by atoms with Crippen LogP contribution in [-0.4, -0.2) is 66.0 Å². The molecule has 0 unspecified atom stereocenters. The first-order valence-corrected chi connectivity index (χ1v) is 23.3. The maximum Gasteiger partial charge on any atom is 0.264 e. The van der Waals surface area contributed by atoms with Gasteiger partial charge in [-0.1, -0.05) is 56.3 Å². The van der Waals surface area contributed by atoms with Gasteiger partial charge in [-0.05, 0) is 124 Å². The number of rotatable bonds is 16. The minimum absolute atomic E-state index is 0.276. The molecule has 2 aliphatic heterocycles. The van der Waals surface area contributed by atoms with Crippen LogP contribution in [0.1, 0.15) is 83.8 Å². The Labute approximate surface area is 348 Å². The second-order valence-electron chi connectivity index (χ2n) is 16.0. The fourth-order valence-electron chi connectivity index (χ4n) is 8.34. The minimum atomic E-state index is -4.29. The highest BCUT2D eigenvalue weighted by atomic mass is 32.2. The third kappa shape index (κ3) is 10.0. The number of thiocarbonyl (C=S) groups is 1. The molecular weight excluding hydrogens is 791 g/mol. The fraction of sp³-hybridized carbons (Fsp3) is 0.378. The van der Waals surface area contributed by atoms with Gasteiger partial charge in [0.2, 0.25) is 5.69 Å². The molecule has 1 N–H and O–H groups in total. The van der Waals surface area contributed by atoms with Crippen LogP contribution in [0, 0.1) is 0 Å². The quantitative estimate of drug-likeness (QED) is 0.0491. The molecule has 0 radical (unpaired) electrons. The van der Waals surface area contributed by atoms with Crippen molar-refractivity contribution in [3.8, 4) is 5.75 Å². The lowest BCUT2D eigenvalue weighted by atomic mass is 9.81. The van der Waals surface area contributed by atoms with Crippen LogP contribution in [0.3, 0.4) is 0 Å². The normalized spacial score (nSPS) is 18.9. The fourth-order valence-corrected chi connectivity index (χ4v) is 9.57. The highest BCUT2D eigenvalue weighted by Gasteiger charge is 2.44.